The van der Waals surface area contributed by atoms with Crippen molar-refractivity contribution in [1.29, 1.82) is 0 Å². The number of nitrogens with zero attached hydrogens (tertiary/aromatic N) is 1. The minimum Gasteiger partial charge on any atom is -0.213 e. The number of piperidine rings is 1. The normalized spacial score (nSPS) is 20.7. The molecule has 0 aromatic rings. The van der Waals surface area contributed by atoms with Gasteiger partial charge in [-0.1, -0.05) is 5.04 Å². The van der Waals surface area contributed by atoms with Crippen molar-refractivity contribution in [3.8, 4) is 0 Å². The minimum absolute atomic E-state index is 0.102. The van der Waals surface area contributed by atoms with Gasteiger partial charge in [-0.2, -0.15) is 0 Å². The molecule has 0 spiro atoms. The van der Waals surface area contributed by atoms with Crippen molar-refractivity contribution in [3.05, 3.63) is 0 Å². The van der Waals surface area contributed by atoms with E-state index in [0.29, 0.717) is 25.9 Å². The first-order valence-electron chi connectivity index (χ1n) is 4.52. The average molecular weight is 257 g/mol. The van der Waals surface area contributed by atoms with Gasteiger partial charge in [0.1, 0.15) is 0 Å². The van der Waals surface area contributed by atoms with E-state index >= 15 is 0 Å². The molecule has 0 amide bonds. The minimum atomic E-state index is -3.07. The first kappa shape index (κ1) is 13.2. The second-order valence-electron chi connectivity index (χ2n) is 3.26. The molecule has 1 saturated heterocycles. The largest absolute Gasteiger partial charge is 0.213 e. The molecule has 0 unspecified atom stereocenters. The summed E-state index contributed by atoms with van der Waals surface area (Å²) in [6.07, 6.45) is 4.04. The van der Waals surface area contributed by atoms with E-state index in [9.17, 15) is 8.42 Å². The second kappa shape index (κ2) is 6.02. The smallest absolute Gasteiger partial charge is 0.211 e. The van der Waals surface area contributed by atoms with E-state index < -0.39 is 10.0 Å². The Balaban J connectivity index is 2.24. The average Bonchev–Trinajstić information content (AvgIpc) is 2.18. The number of hydrogen-bond donors (Lipinski definition) is 0. The van der Waals surface area contributed by atoms with Crippen molar-refractivity contribution in [2.75, 3.05) is 25.6 Å². The molecule has 8 heteroatoms. The predicted molar refractivity (Wildman–Crippen MR) is 56.2 cm³/mol. The molecule has 0 N–H and O–H groups in total. The summed E-state index contributed by atoms with van der Waals surface area (Å²) in [6.45, 7) is 0.929. The summed E-state index contributed by atoms with van der Waals surface area (Å²) >= 11 is 1.04. The van der Waals surface area contributed by atoms with Crippen molar-refractivity contribution in [3.63, 3.8) is 0 Å². The summed E-state index contributed by atoms with van der Waals surface area (Å²) < 4.78 is 28.3. The Morgan fingerprint density at radius 1 is 1.33 bits per heavy atom. The first-order valence-corrected chi connectivity index (χ1v) is 7.52. The Kier molecular flexibility index (Phi) is 5.30. The number of rotatable bonds is 5. The lowest BCUT2D eigenvalue weighted by molar-refractivity contribution is -0.479. The molecule has 0 bridgehead atoms. The SMILES string of the molecule is CSOOOC1CCN(S(C)(=O)=O)CC1. The molecule has 1 aliphatic rings. The molecule has 90 valence electrons. The van der Waals surface area contributed by atoms with Crippen LogP contribution in [-0.2, 0) is 24.3 Å². The third-order valence-corrected chi connectivity index (χ3v) is 3.64. The molecule has 0 aromatic heterocycles. The van der Waals surface area contributed by atoms with Gasteiger partial charge < -0.3 is 0 Å². The van der Waals surface area contributed by atoms with Crippen molar-refractivity contribution in [2.24, 2.45) is 0 Å². The van der Waals surface area contributed by atoms with Crippen LogP contribution in [0.15, 0.2) is 0 Å². The van der Waals surface area contributed by atoms with Crippen LogP contribution in [0.25, 0.3) is 0 Å². The van der Waals surface area contributed by atoms with Gasteiger partial charge >= 0.3 is 0 Å². The summed E-state index contributed by atoms with van der Waals surface area (Å²) in [5.41, 5.74) is 0. The van der Waals surface area contributed by atoms with Gasteiger partial charge in [-0.15, -0.1) is 4.33 Å². The summed E-state index contributed by atoms with van der Waals surface area (Å²) in [7, 11) is -3.07. The predicted octanol–water partition coefficient (Wildman–Crippen LogP) is 0.568. The highest BCUT2D eigenvalue weighted by molar-refractivity contribution is 7.93. The Labute approximate surface area is 94.0 Å². The van der Waals surface area contributed by atoms with Crippen LogP contribution in [0.4, 0.5) is 0 Å². The van der Waals surface area contributed by atoms with Crippen molar-refractivity contribution in [1.82, 2.24) is 4.31 Å². The molecule has 1 aliphatic heterocycles. The van der Waals surface area contributed by atoms with E-state index in [0.717, 1.165) is 12.0 Å². The van der Waals surface area contributed by atoms with E-state index in [1.807, 2.05) is 0 Å². The molecule has 15 heavy (non-hydrogen) atoms. The van der Waals surface area contributed by atoms with Gasteiger partial charge in [0.05, 0.1) is 12.4 Å². The highest BCUT2D eigenvalue weighted by Crippen LogP contribution is 2.16. The van der Waals surface area contributed by atoms with Crippen LogP contribution in [0.2, 0.25) is 0 Å². The molecule has 1 rings (SSSR count). The lowest BCUT2D eigenvalue weighted by atomic mass is 10.1. The van der Waals surface area contributed by atoms with Crippen molar-refractivity contribution in [2.45, 2.75) is 18.9 Å². The monoisotopic (exact) mass is 257 g/mol. The van der Waals surface area contributed by atoms with Crippen LogP contribution in [0.5, 0.6) is 0 Å². The fourth-order valence-corrected chi connectivity index (χ4v) is 2.32. The summed E-state index contributed by atoms with van der Waals surface area (Å²) in [4.78, 5) is 4.92. The van der Waals surface area contributed by atoms with Crippen LogP contribution in [0.1, 0.15) is 12.8 Å². The topological polar surface area (TPSA) is 65.1 Å². The Morgan fingerprint density at radius 2 is 1.93 bits per heavy atom. The van der Waals surface area contributed by atoms with E-state index in [2.05, 4.69) is 9.37 Å². The van der Waals surface area contributed by atoms with E-state index in [1.165, 1.54) is 10.6 Å². The summed E-state index contributed by atoms with van der Waals surface area (Å²) in [6, 6.07) is 0. The maximum Gasteiger partial charge on any atom is 0.211 e. The molecule has 1 heterocycles. The molecule has 0 saturated carbocycles. The molecular formula is C7H15NO5S2. The van der Waals surface area contributed by atoms with Gasteiger partial charge in [-0.05, 0) is 12.8 Å². The number of sulfonamides is 1. The zero-order chi connectivity index (χ0) is 11.3. The first-order chi connectivity index (χ1) is 7.04. The Morgan fingerprint density at radius 3 is 2.40 bits per heavy atom. The molecule has 0 radical (unpaired) electrons. The molecule has 1 fully saturated rings. The molecule has 0 aliphatic carbocycles. The van der Waals surface area contributed by atoms with E-state index in [4.69, 9.17) is 4.89 Å². The standard InChI is InChI=1S/C7H15NO5S2/c1-14-13-12-11-7-3-5-8(6-4-7)15(2,9)10/h7H,3-6H2,1-2H3. The molecule has 0 aromatic carbocycles. The lowest BCUT2D eigenvalue weighted by Gasteiger charge is -2.28. The maximum absolute atomic E-state index is 11.2. The van der Waals surface area contributed by atoms with Crippen LogP contribution < -0.4 is 0 Å². The zero-order valence-electron chi connectivity index (χ0n) is 8.71. The van der Waals surface area contributed by atoms with Crippen LogP contribution >= 0.6 is 12.0 Å². The van der Waals surface area contributed by atoms with Gasteiger partial charge in [-0.3, -0.25) is 0 Å². The summed E-state index contributed by atoms with van der Waals surface area (Å²) in [5.74, 6) is 0. The van der Waals surface area contributed by atoms with E-state index in [-0.39, 0.29) is 6.10 Å². The highest BCUT2D eigenvalue weighted by atomic mass is 32.2. The van der Waals surface area contributed by atoms with Gasteiger partial charge in [0, 0.05) is 31.4 Å². The van der Waals surface area contributed by atoms with E-state index in [1.54, 1.807) is 6.26 Å². The van der Waals surface area contributed by atoms with Crippen LogP contribution in [0.3, 0.4) is 0 Å². The maximum atomic E-state index is 11.2. The van der Waals surface area contributed by atoms with Crippen LogP contribution in [0, 0.1) is 0 Å². The van der Waals surface area contributed by atoms with Crippen LogP contribution in [-0.4, -0.2) is 44.4 Å². The quantitative estimate of drug-likeness (QED) is 0.310. The Bertz CT molecular complexity index is 273. The molecular weight excluding hydrogens is 242 g/mol. The highest BCUT2D eigenvalue weighted by Gasteiger charge is 2.26. The van der Waals surface area contributed by atoms with Gasteiger partial charge in [0.15, 0.2) is 0 Å². The third-order valence-electron chi connectivity index (χ3n) is 2.14. The molecule has 6 nitrogen and oxygen atoms in total. The van der Waals surface area contributed by atoms with Gasteiger partial charge in [0.25, 0.3) is 0 Å². The fraction of sp³-hybridized carbons (Fsp3) is 1.00. The second-order valence-corrected chi connectivity index (χ2v) is 5.71. The van der Waals surface area contributed by atoms with Gasteiger partial charge in [-0.25, -0.2) is 17.6 Å². The summed E-state index contributed by atoms with van der Waals surface area (Å²) in [5, 5.41) is 4.44. The fourth-order valence-electron chi connectivity index (χ4n) is 1.36. The van der Waals surface area contributed by atoms with Crippen molar-refractivity contribution < 1.29 is 22.7 Å². The molecule has 0 atom stereocenters. The van der Waals surface area contributed by atoms with Crippen molar-refractivity contribution >= 4 is 22.1 Å². The van der Waals surface area contributed by atoms with Gasteiger partial charge in [0.2, 0.25) is 10.0 Å². The number of hydrogen-bond acceptors (Lipinski definition) is 6. The Hall–Kier alpha value is 0.140. The third kappa shape index (κ3) is 4.66. The lowest BCUT2D eigenvalue weighted by Crippen LogP contribution is -2.40. The zero-order valence-corrected chi connectivity index (χ0v) is 10.3.